The van der Waals surface area contributed by atoms with E-state index in [0.717, 1.165) is 27.5 Å². The summed E-state index contributed by atoms with van der Waals surface area (Å²) in [4.78, 5) is 12.6. The zero-order chi connectivity index (χ0) is 21.5. The summed E-state index contributed by atoms with van der Waals surface area (Å²) >= 11 is -2.22. The highest BCUT2D eigenvalue weighted by Gasteiger charge is 2.17. The lowest BCUT2D eigenvalue weighted by Gasteiger charge is -2.12. The predicted molar refractivity (Wildman–Crippen MR) is 122 cm³/mol. The van der Waals surface area contributed by atoms with Crippen LogP contribution in [-0.4, -0.2) is 13.3 Å². The average molecular weight is 428 g/mol. The molecular weight excluding hydrogens is 410 g/mol. The predicted octanol–water partition coefficient (Wildman–Crippen LogP) is 5.00. The molecule has 0 radical (unpaired) electrons. The average Bonchev–Trinajstić information content (AvgIpc) is 3.20. The molecule has 1 atom stereocenters. The highest BCUT2D eigenvalue weighted by Crippen LogP contribution is 2.38. The van der Waals surface area contributed by atoms with Gasteiger partial charge in [-0.05, 0) is 35.2 Å². The molecule has 154 valence electrons. The van der Waals surface area contributed by atoms with Crippen LogP contribution in [0.25, 0.3) is 44.2 Å². The Kier molecular flexibility index (Phi) is 4.81. The molecule has 0 saturated heterocycles. The van der Waals surface area contributed by atoms with Gasteiger partial charge in [0.1, 0.15) is 11.3 Å². The van der Waals surface area contributed by atoms with Crippen LogP contribution in [0.1, 0.15) is 5.56 Å². The summed E-state index contributed by atoms with van der Waals surface area (Å²) in [6.07, 6.45) is 1.78. The summed E-state index contributed by atoms with van der Waals surface area (Å²) in [5.74, 6) is 0.602. The molecule has 31 heavy (non-hydrogen) atoms. The number of aryl methyl sites for hydroxylation is 1. The summed E-state index contributed by atoms with van der Waals surface area (Å²) in [5, 5.41) is 2.21. The van der Waals surface area contributed by atoms with E-state index in [1.54, 1.807) is 23.9 Å². The number of furan rings is 1. The summed E-state index contributed by atoms with van der Waals surface area (Å²) in [6.45, 7) is 0. The summed E-state index contributed by atoms with van der Waals surface area (Å²) < 4.78 is 30.7. The van der Waals surface area contributed by atoms with E-state index >= 15 is 0 Å². The van der Waals surface area contributed by atoms with Gasteiger partial charge >= 0.3 is 0 Å². The minimum absolute atomic E-state index is 0.0863. The minimum Gasteiger partial charge on any atom is -0.772 e. The minimum atomic E-state index is -2.22. The molecule has 2 aromatic heterocycles. The van der Waals surface area contributed by atoms with Gasteiger partial charge in [-0.3, -0.25) is 9.00 Å². The van der Waals surface area contributed by atoms with Gasteiger partial charge in [0.15, 0.2) is 0 Å². The topological polar surface area (TPSA) is 75.3 Å². The van der Waals surface area contributed by atoms with Gasteiger partial charge in [0.25, 0.3) is 5.56 Å². The molecule has 5 rings (SSSR count). The first-order chi connectivity index (χ1) is 15.0. The van der Waals surface area contributed by atoms with Crippen molar-refractivity contribution < 1.29 is 13.2 Å². The summed E-state index contributed by atoms with van der Waals surface area (Å²) in [7, 11) is 1.71. The first-order valence-electron chi connectivity index (χ1n) is 9.78. The largest absolute Gasteiger partial charge is 0.772 e. The van der Waals surface area contributed by atoms with Crippen LogP contribution < -0.4 is 5.56 Å². The molecule has 1 unspecified atom stereocenters. The van der Waals surface area contributed by atoms with Crippen LogP contribution in [0.2, 0.25) is 0 Å². The van der Waals surface area contributed by atoms with Crippen molar-refractivity contribution in [3.05, 3.63) is 94.9 Å². The molecule has 6 heteroatoms. The molecule has 0 aliphatic rings. The number of hydrogen-bond acceptors (Lipinski definition) is 4. The van der Waals surface area contributed by atoms with E-state index in [-0.39, 0.29) is 11.3 Å². The highest BCUT2D eigenvalue weighted by atomic mass is 32.2. The second kappa shape index (κ2) is 7.65. The van der Waals surface area contributed by atoms with Crippen LogP contribution in [0.3, 0.4) is 0 Å². The number of hydrogen-bond donors (Lipinski definition) is 0. The molecule has 0 fully saturated rings. The van der Waals surface area contributed by atoms with Crippen molar-refractivity contribution >= 4 is 32.8 Å². The maximum absolute atomic E-state index is 12.6. The molecule has 0 N–H and O–H groups in total. The Hall–Kier alpha value is -3.48. The Morgan fingerprint density at radius 1 is 0.935 bits per heavy atom. The number of rotatable bonds is 4. The monoisotopic (exact) mass is 428 g/mol. The third-order valence-corrected chi connectivity index (χ3v) is 5.97. The Morgan fingerprint density at radius 3 is 2.39 bits per heavy atom. The summed E-state index contributed by atoms with van der Waals surface area (Å²) in [6, 6.07) is 22.8. The van der Waals surface area contributed by atoms with E-state index in [1.807, 2.05) is 66.7 Å². The molecule has 0 aliphatic carbocycles. The van der Waals surface area contributed by atoms with Crippen LogP contribution in [-0.2, 0) is 23.9 Å². The molecule has 0 aliphatic heterocycles. The molecular formula is C25H18NO4S-. The Morgan fingerprint density at radius 2 is 1.65 bits per heavy atom. The van der Waals surface area contributed by atoms with E-state index < -0.39 is 11.1 Å². The van der Waals surface area contributed by atoms with Crippen LogP contribution in [0.5, 0.6) is 0 Å². The fourth-order valence-electron chi connectivity index (χ4n) is 4.01. The molecule has 5 aromatic rings. The second-order valence-electron chi connectivity index (χ2n) is 7.49. The summed E-state index contributed by atoms with van der Waals surface area (Å²) in [5.41, 5.74) is 3.74. The lowest BCUT2D eigenvalue weighted by Crippen LogP contribution is -2.16. The van der Waals surface area contributed by atoms with Crippen molar-refractivity contribution in [1.29, 1.82) is 0 Å². The van der Waals surface area contributed by atoms with E-state index in [0.29, 0.717) is 22.3 Å². The van der Waals surface area contributed by atoms with Crippen LogP contribution in [0, 0.1) is 0 Å². The molecule has 0 amide bonds. The van der Waals surface area contributed by atoms with Crippen molar-refractivity contribution in [2.45, 2.75) is 5.75 Å². The maximum Gasteiger partial charge on any atom is 0.258 e. The highest BCUT2D eigenvalue weighted by molar-refractivity contribution is 7.78. The molecule has 5 nitrogen and oxygen atoms in total. The molecule has 0 saturated carbocycles. The van der Waals surface area contributed by atoms with E-state index in [1.165, 1.54) is 0 Å². The number of nitrogens with zero attached hydrogens (tertiary/aromatic N) is 1. The lowest BCUT2D eigenvalue weighted by atomic mass is 9.97. The van der Waals surface area contributed by atoms with Gasteiger partial charge in [-0.15, -0.1) is 0 Å². The van der Waals surface area contributed by atoms with Crippen LogP contribution in [0.15, 0.2) is 88.2 Å². The number of fused-ring (bicyclic) bond motifs is 2. The van der Waals surface area contributed by atoms with Gasteiger partial charge in [0.05, 0.1) is 0 Å². The van der Waals surface area contributed by atoms with Crippen LogP contribution >= 0.6 is 0 Å². The van der Waals surface area contributed by atoms with Gasteiger partial charge in [-0.25, -0.2) is 0 Å². The van der Waals surface area contributed by atoms with Gasteiger partial charge in [0, 0.05) is 46.5 Å². The van der Waals surface area contributed by atoms with E-state index in [9.17, 15) is 13.6 Å². The fourth-order valence-corrected chi connectivity index (χ4v) is 4.45. The number of pyridine rings is 1. The van der Waals surface area contributed by atoms with Gasteiger partial charge in [-0.1, -0.05) is 59.6 Å². The standard InChI is InChI=1S/C25H19NO4S/c1-26-14-22(19-9-5-6-10-20(19)25(26)27)21-12-16(15-31(28)29)11-18-13-23(30-24(18)21)17-7-3-2-4-8-17/h2-14H,15H2,1H3,(H,28,29)/p-1. The van der Waals surface area contributed by atoms with Gasteiger partial charge in [-0.2, -0.15) is 0 Å². The van der Waals surface area contributed by atoms with Gasteiger partial charge < -0.3 is 13.5 Å². The molecule has 2 heterocycles. The van der Waals surface area contributed by atoms with Crippen LogP contribution in [0.4, 0.5) is 0 Å². The van der Waals surface area contributed by atoms with Crippen molar-refractivity contribution in [3.63, 3.8) is 0 Å². The Bertz CT molecular complexity index is 1520. The van der Waals surface area contributed by atoms with Crippen molar-refractivity contribution in [3.8, 4) is 22.5 Å². The Balaban J connectivity index is 1.85. The zero-order valence-electron chi connectivity index (χ0n) is 16.7. The van der Waals surface area contributed by atoms with Crippen molar-refractivity contribution in [2.24, 2.45) is 7.05 Å². The maximum atomic E-state index is 12.6. The first-order valence-corrected chi connectivity index (χ1v) is 11.0. The van der Waals surface area contributed by atoms with Gasteiger partial charge in [0.2, 0.25) is 0 Å². The van der Waals surface area contributed by atoms with E-state index in [2.05, 4.69) is 0 Å². The first kappa shape index (κ1) is 19.5. The van der Waals surface area contributed by atoms with E-state index in [4.69, 9.17) is 4.42 Å². The third-order valence-electron chi connectivity index (χ3n) is 5.40. The molecule has 0 bridgehead atoms. The zero-order valence-corrected chi connectivity index (χ0v) is 17.5. The lowest BCUT2D eigenvalue weighted by molar-refractivity contribution is 0.536. The quantitative estimate of drug-likeness (QED) is 0.378. The Labute approximate surface area is 180 Å². The number of benzene rings is 3. The third kappa shape index (κ3) is 3.50. The molecule has 3 aromatic carbocycles. The SMILES string of the molecule is Cn1cc(-c2cc(CS(=O)[O-])cc3cc(-c4ccccc4)oc23)c2ccccc2c1=O. The molecule has 0 spiro atoms. The normalized spacial score (nSPS) is 12.5. The second-order valence-corrected chi connectivity index (χ2v) is 8.39. The number of aromatic nitrogens is 1. The fraction of sp³-hybridized carbons (Fsp3) is 0.0800. The van der Waals surface area contributed by atoms with Crippen molar-refractivity contribution in [1.82, 2.24) is 4.57 Å². The van der Waals surface area contributed by atoms with Crippen molar-refractivity contribution in [2.75, 3.05) is 0 Å². The smallest absolute Gasteiger partial charge is 0.258 e.